The molecule has 0 saturated carbocycles. The zero-order chi connectivity index (χ0) is 27.7. The number of hydrogen-bond acceptors (Lipinski definition) is 8. The number of aliphatic hydroxyl groups excluding tert-OH is 1. The number of carbonyl (C=O) groups excluding carboxylic acids is 3. The fourth-order valence-corrected chi connectivity index (χ4v) is 3.96. The molecule has 3 atom stereocenters. The predicted molar refractivity (Wildman–Crippen MR) is 146 cm³/mol. The number of carbonyl (C=O) groups is 3. The normalized spacial score (nSPS) is 13.4. The lowest BCUT2D eigenvalue weighted by Gasteiger charge is -2.26. The Morgan fingerprint density at radius 3 is 2.34 bits per heavy atom. The molecule has 0 aliphatic carbocycles. The number of fused-ring (bicyclic) bond motifs is 1. The van der Waals surface area contributed by atoms with Crippen LogP contribution < -0.4 is 27.8 Å². The summed E-state index contributed by atoms with van der Waals surface area (Å²) in [7, 11) is 0. The third-order valence-electron chi connectivity index (χ3n) is 6.07. The first-order valence-electron chi connectivity index (χ1n) is 12.4. The minimum Gasteiger partial charge on any atom is -0.386 e. The van der Waals surface area contributed by atoms with E-state index in [4.69, 9.17) is 17.2 Å². The van der Waals surface area contributed by atoms with Gasteiger partial charge in [0, 0.05) is 43.4 Å². The molecule has 11 nitrogen and oxygen atoms in total. The van der Waals surface area contributed by atoms with Gasteiger partial charge in [-0.05, 0) is 36.8 Å². The largest absolute Gasteiger partial charge is 0.386 e. The highest BCUT2D eigenvalue weighted by Crippen LogP contribution is 2.21. The van der Waals surface area contributed by atoms with Crippen molar-refractivity contribution in [3.63, 3.8) is 0 Å². The Bertz CT molecular complexity index is 1250. The molecule has 3 amide bonds. The number of amides is 3. The van der Waals surface area contributed by atoms with Gasteiger partial charge in [-0.3, -0.25) is 19.4 Å². The Morgan fingerprint density at radius 2 is 1.68 bits per heavy atom. The highest BCUT2D eigenvalue weighted by Gasteiger charge is 2.32. The monoisotopic (exact) mass is 521 g/mol. The summed E-state index contributed by atoms with van der Waals surface area (Å²) in [6.45, 7) is 2.93. The summed E-state index contributed by atoms with van der Waals surface area (Å²) >= 11 is 0. The number of aryl methyl sites for hydroxylation is 1. The molecule has 2 aromatic carbocycles. The number of pyridine rings is 1. The molecule has 38 heavy (non-hydrogen) atoms. The molecule has 3 rings (SSSR count). The summed E-state index contributed by atoms with van der Waals surface area (Å²) in [6.07, 6.45) is -0.0162. The topological polar surface area (TPSA) is 190 Å². The summed E-state index contributed by atoms with van der Waals surface area (Å²) in [6, 6.07) is 13.1. The lowest BCUT2D eigenvalue weighted by atomic mass is 9.99. The van der Waals surface area contributed by atoms with E-state index in [0.717, 1.165) is 16.5 Å². The van der Waals surface area contributed by atoms with Crippen LogP contribution in [0.3, 0.4) is 0 Å². The Morgan fingerprint density at radius 1 is 1.00 bits per heavy atom. The van der Waals surface area contributed by atoms with Crippen LogP contribution in [0.15, 0.2) is 60.8 Å². The molecule has 9 N–H and O–H groups in total. The number of hydrogen-bond donors (Lipinski definition) is 6. The number of aromatic nitrogens is 1. The molecule has 0 bridgehead atoms. The molecular formula is C27H35N7O4. The molecular weight excluding hydrogens is 486 g/mol. The molecule has 0 aliphatic heterocycles. The maximum atomic E-state index is 13.3. The fourth-order valence-electron chi connectivity index (χ4n) is 3.96. The average molecular weight is 522 g/mol. The van der Waals surface area contributed by atoms with Crippen LogP contribution in [0, 0.1) is 6.92 Å². The van der Waals surface area contributed by atoms with E-state index in [2.05, 4.69) is 15.6 Å². The molecule has 3 aromatic rings. The number of rotatable bonds is 12. The van der Waals surface area contributed by atoms with Gasteiger partial charge < -0.3 is 37.8 Å². The molecule has 0 spiro atoms. The van der Waals surface area contributed by atoms with Crippen molar-refractivity contribution in [1.82, 2.24) is 15.2 Å². The molecule has 1 heterocycles. The molecule has 0 fully saturated rings. The van der Waals surface area contributed by atoms with Crippen molar-refractivity contribution in [1.29, 1.82) is 0 Å². The number of nitrogens with two attached hydrogens (primary N) is 3. The number of anilines is 1. The van der Waals surface area contributed by atoms with Gasteiger partial charge in [0.15, 0.2) is 0 Å². The Labute approximate surface area is 221 Å². The maximum Gasteiger partial charge on any atom is 0.250 e. The highest BCUT2D eigenvalue weighted by atomic mass is 16.3. The van der Waals surface area contributed by atoms with Crippen LogP contribution in [0.1, 0.15) is 23.7 Å². The molecule has 202 valence electrons. The second kappa shape index (κ2) is 13.6. The van der Waals surface area contributed by atoms with Crippen LogP contribution in [0.5, 0.6) is 0 Å². The van der Waals surface area contributed by atoms with E-state index >= 15 is 0 Å². The Hall–Kier alpha value is -3.90. The van der Waals surface area contributed by atoms with E-state index in [1.807, 2.05) is 13.0 Å². The third-order valence-corrected chi connectivity index (χ3v) is 6.07. The van der Waals surface area contributed by atoms with Crippen molar-refractivity contribution in [3.8, 4) is 0 Å². The van der Waals surface area contributed by atoms with Crippen LogP contribution in [0.4, 0.5) is 5.69 Å². The lowest BCUT2D eigenvalue weighted by molar-refractivity contribution is -0.135. The van der Waals surface area contributed by atoms with Crippen molar-refractivity contribution in [3.05, 3.63) is 71.9 Å². The molecule has 0 unspecified atom stereocenters. The van der Waals surface area contributed by atoms with Crippen LogP contribution in [-0.2, 0) is 14.4 Å². The fraction of sp³-hybridized carbons (Fsp3) is 0.333. The number of nitrogens with zero attached hydrogens (tertiary/aromatic N) is 2. The van der Waals surface area contributed by atoms with E-state index in [9.17, 15) is 19.5 Å². The van der Waals surface area contributed by atoms with Gasteiger partial charge in [0.1, 0.15) is 12.1 Å². The summed E-state index contributed by atoms with van der Waals surface area (Å²) in [4.78, 5) is 44.7. The van der Waals surface area contributed by atoms with Crippen LogP contribution in [0.25, 0.3) is 10.9 Å². The number of nitrogens with one attached hydrogen (secondary N) is 2. The van der Waals surface area contributed by atoms with E-state index in [1.165, 1.54) is 4.90 Å². The van der Waals surface area contributed by atoms with Gasteiger partial charge in [0.2, 0.25) is 17.7 Å². The maximum absolute atomic E-state index is 13.3. The smallest absolute Gasteiger partial charge is 0.250 e. The minimum absolute atomic E-state index is 0.239. The summed E-state index contributed by atoms with van der Waals surface area (Å²) in [5, 5.41) is 17.2. The van der Waals surface area contributed by atoms with E-state index in [0.29, 0.717) is 11.3 Å². The molecule has 0 saturated heterocycles. The third kappa shape index (κ3) is 7.56. The van der Waals surface area contributed by atoms with Gasteiger partial charge in [-0.25, -0.2) is 0 Å². The van der Waals surface area contributed by atoms with Gasteiger partial charge in [-0.1, -0.05) is 35.9 Å². The Kier molecular flexibility index (Phi) is 10.3. The number of aliphatic hydroxyl groups is 1. The zero-order valence-electron chi connectivity index (χ0n) is 21.3. The molecule has 0 radical (unpaired) electrons. The standard InChI is InChI=1S/C27H35N7O4/c1-17-4-6-18(7-5-17)25(36)24(27(38)32-20-8-9-22-19(15-20)3-2-12-31-22)33-26(37)21(30)16-23(35)34(13-10-28)14-11-29/h2-9,12,15,21,24-25,36H,10-11,13-14,16,28-30H2,1H3,(H,32,38)(H,33,37)/t21-,24-,25+/m0/s1. The minimum atomic E-state index is -1.39. The second-order valence-electron chi connectivity index (χ2n) is 9.01. The second-order valence-corrected chi connectivity index (χ2v) is 9.01. The van der Waals surface area contributed by atoms with Crippen LogP contribution >= 0.6 is 0 Å². The number of benzene rings is 2. The van der Waals surface area contributed by atoms with Gasteiger partial charge in [-0.2, -0.15) is 0 Å². The van der Waals surface area contributed by atoms with Crippen molar-refractivity contribution in [2.24, 2.45) is 17.2 Å². The molecule has 11 heteroatoms. The zero-order valence-corrected chi connectivity index (χ0v) is 21.3. The van der Waals surface area contributed by atoms with Gasteiger partial charge in [0.05, 0.1) is 18.0 Å². The SMILES string of the molecule is Cc1ccc([C@@H](O)[C@H](NC(=O)[C@@H](N)CC(=O)N(CCN)CCN)C(=O)Nc2ccc3ncccc3c2)cc1. The van der Waals surface area contributed by atoms with Crippen molar-refractivity contribution in [2.45, 2.75) is 31.5 Å². The first-order valence-corrected chi connectivity index (χ1v) is 12.4. The highest BCUT2D eigenvalue weighted by molar-refractivity contribution is 6.00. The van der Waals surface area contributed by atoms with Crippen molar-refractivity contribution >= 4 is 34.3 Å². The summed E-state index contributed by atoms with van der Waals surface area (Å²) in [5.41, 5.74) is 19.8. The lowest BCUT2D eigenvalue weighted by Crippen LogP contribution is -2.53. The van der Waals surface area contributed by atoms with Crippen LogP contribution in [0.2, 0.25) is 0 Å². The first kappa shape index (κ1) is 28.7. The predicted octanol–water partition coefficient (Wildman–Crippen LogP) is 0.164. The van der Waals surface area contributed by atoms with E-state index in [-0.39, 0.29) is 38.5 Å². The Balaban J connectivity index is 1.79. The molecule has 1 aromatic heterocycles. The van der Waals surface area contributed by atoms with Crippen molar-refractivity contribution in [2.75, 3.05) is 31.5 Å². The quantitative estimate of drug-likeness (QED) is 0.194. The van der Waals surface area contributed by atoms with E-state index < -0.39 is 30.0 Å². The van der Waals surface area contributed by atoms with E-state index in [1.54, 1.807) is 54.7 Å². The van der Waals surface area contributed by atoms with Crippen molar-refractivity contribution < 1.29 is 19.5 Å². The van der Waals surface area contributed by atoms with Crippen LogP contribution in [-0.4, -0.2) is 71.0 Å². The summed E-state index contributed by atoms with van der Waals surface area (Å²) < 4.78 is 0. The molecule has 0 aliphatic rings. The van der Waals surface area contributed by atoms with Gasteiger partial charge in [0.25, 0.3) is 0 Å². The van der Waals surface area contributed by atoms with Gasteiger partial charge >= 0.3 is 0 Å². The van der Waals surface area contributed by atoms with Gasteiger partial charge in [-0.15, -0.1) is 0 Å². The first-order chi connectivity index (χ1) is 18.2. The average Bonchev–Trinajstić information content (AvgIpc) is 2.91. The summed E-state index contributed by atoms with van der Waals surface area (Å²) in [5.74, 6) is -1.79.